The molecule has 0 fully saturated rings. The first-order chi connectivity index (χ1) is 8.58. The summed E-state index contributed by atoms with van der Waals surface area (Å²) in [6.07, 6.45) is 1.91. The molecule has 1 rings (SSSR count). The van der Waals surface area contributed by atoms with Crippen molar-refractivity contribution in [2.45, 2.75) is 18.2 Å². The van der Waals surface area contributed by atoms with Crippen LogP contribution in [0.2, 0.25) is 5.02 Å². The van der Waals surface area contributed by atoms with Crippen LogP contribution in [0.5, 0.6) is 0 Å². The van der Waals surface area contributed by atoms with Crippen LogP contribution in [0.25, 0.3) is 0 Å². The van der Waals surface area contributed by atoms with Crippen molar-refractivity contribution in [3.05, 3.63) is 34.9 Å². The summed E-state index contributed by atoms with van der Waals surface area (Å²) in [4.78, 5) is 11.9. The van der Waals surface area contributed by atoms with E-state index in [1.54, 1.807) is 7.11 Å². The zero-order valence-corrected chi connectivity index (χ0v) is 12.3. The summed E-state index contributed by atoms with van der Waals surface area (Å²) in [7, 11) is 1.62. The summed E-state index contributed by atoms with van der Waals surface area (Å²) in [5.41, 5.74) is 0.989. The number of methoxy groups -OCH3 is 1. The molecule has 0 saturated carbocycles. The fourth-order valence-electron chi connectivity index (χ4n) is 1.48. The van der Waals surface area contributed by atoms with Gasteiger partial charge in [0.2, 0.25) is 5.91 Å². The third-order valence-electron chi connectivity index (χ3n) is 2.64. The largest absolute Gasteiger partial charge is 0.382 e. The van der Waals surface area contributed by atoms with E-state index < -0.39 is 0 Å². The molecule has 0 aliphatic rings. The minimum absolute atomic E-state index is 0.0134. The van der Waals surface area contributed by atoms with Crippen LogP contribution in [0, 0.1) is 0 Å². The number of hydrogen-bond donors (Lipinski definition) is 1. The van der Waals surface area contributed by atoms with Crippen molar-refractivity contribution in [3.8, 4) is 0 Å². The second-order valence-corrected chi connectivity index (χ2v) is 5.56. The van der Waals surface area contributed by atoms with Gasteiger partial charge in [-0.2, -0.15) is 11.8 Å². The molecule has 0 spiro atoms. The fraction of sp³-hybridized carbons (Fsp3) is 0.462. The molecule has 5 heteroatoms. The van der Waals surface area contributed by atoms with Crippen LogP contribution in [0.1, 0.15) is 18.5 Å². The van der Waals surface area contributed by atoms with Gasteiger partial charge in [0, 0.05) is 12.1 Å². The zero-order valence-electron chi connectivity index (χ0n) is 10.8. The maximum absolute atomic E-state index is 11.9. The third-order valence-corrected chi connectivity index (χ3v) is 3.82. The van der Waals surface area contributed by atoms with Crippen molar-refractivity contribution in [1.29, 1.82) is 0 Å². The Hall–Kier alpha value is -0.710. The molecule has 3 nitrogen and oxygen atoms in total. The molecule has 0 aliphatic heterocycles. The van der Waals surface area contributed by atoms with E-state index in [2.05, 4.69) is 5.32 Å². The first-order valence-corrected chi connectivity index (χ1v) is 7.32. The number of carbonyl (C=O) groups is 1. The lowest BCUT2D eigenvalue weighted by Crippen LogP contribution is -2.36. The third kappa shape index (κ3) is 4.52. The Morgan fingerprint density at radius 2 is 2.06 bits per heavy atom. The van der Waals surface area contributed by atoms with Crippen molar-refractivity contribution >= 4 is 29.3 Å². The Morgan fingerprint density at radius 3 is 2.56 bits per heavy atom. The number of benzene rings is 1. The Bertz CT molecular complexity index is 383. The molecule has 100 valence electrons. The van der Waals surface area contributed by atoms with Gasteiger partial charge in [-0.1, -0.05) is 23.7 Å². The number of carbonyl (C=O) groups excluding carboxylic acids is 1. The summed E-state index contributed by atoms with van der Waals surface area (Å²) < 4.78 is 5.15. The fourth-order valence-corrected chi connectivity index (χ4v) is 1.89. The van der Waals surface area contributed by atoms with E-state index in [0.29, 0.717) is 11.6 Å². The van der Waals surface area contributed by atoms with Gasteiger partial charge >= 0.3 is 0 Å². The molecular weight excluding hydrogens is 270 g/mol. The molecule has 0 heterocycles. The second-order valence-electron chi connectivity index (χ2n) is 3.95. The van der Waals surface area contributed by atoms with Gasteiger partial charge in [-0.05, 0) is 30.9 Å². The van der Waals surface area contributed by atoms with Crippen LogP contribution in [0.4, 0.5) is 0 Å². The van der Waals surface area contributed by atoms with Gasteiger partial charge in [0.05, 0.1) is 17.9 Å². The highest BCUT2D eigenvalue weighted by Crippen LogP contribution is 2.18. The van der Waals surface area contributed by atoms with Gasteiger partial charge in [-0.15, -0.1) is 0 Å². The average molecular weight is 288 g/mol. The number of ether oxygens (including phenoxy) is 1. The Labute approximate surface area is 117 Å². The number of thioether (sulfide) groups is 1. The van der Waals surface area contributed by atoms with Gasteiger partial charge in [0.25, 0.3) is 0 Å². The predicted molar refractivity (Wildman–Crippen MR) is 77.2 cm³/mol. The molecule has 2 atom stereocenters. The SMILES string of the molecule is COC[C@H](NC(=O)[C@H](C)SC)c1ccc(Cl)cc1. The minimum Gasteiger partial charge on any atom is -0.382 e. The number of hydrogen-bond acceptors (Lipinski definition) is 3. The minimum atomic E-state index is -0.144. The van der Waals surface area contributed by atoms with Gasteiger partial charge in [-0.3, -0.25) is 4.79 Å². The van der Waals surface area contributed by atoms with E-state index in [9.17, 15) is 4.79 Å². The van der Waals surface area contributed by atoms with Crippen LogP contribution < -0.4 is 5.32 Å². The van der Waals surface area contributed by atoms with E-state index in [-0.39, 0.29) is 17.2 Å². The maximum atomic E-state index is 11.9. The summed E-state index contributed by atoms with van der Waals surface area (Å²) in [5.74, 6) is 0.0134. The van der Waals surface area contributed by atoms with Gasteiger partial charge < -0.3 is 10.1 Å². The molecule has 0 unspecified atom stereocenters. The van der Waals surface area contributed by atoms with Gasteiger partial charge in [-0.25, -0.2) is 0 Å². The van der Waals surface area contributed by atoms with Crippen LogP contribution in [0.3, 0.4) is 0 Å². The number of amides is 1. The molecule has 1 aromatic carbocycles. The maximum Gasteiger partial charge on any atom is 0.233 e. The molecule has 0 bridgehead atoms. The highest BCUT2D eigenvalue weighted by atomic mass is 35.5. The molecular formula is C13H18ClNO2S. The van der Waals surface area contributed by atoms with E-state index in [1.165, 1.54) is 11.8 Å². The zero-order chi connectivity index (χ0) is 13.5. The highest BCUT2D eigenvalue weighted by Gasteiger charge is 2.18. The van der Waals surface area contributed by atoms with Crippen LogP contribution in [-0.2, 0) is 9.53 Å². The van der Waals surface area contributed by atoms with Crippen LogP contribution in [0.15, 0.2) is 24.3 Å². The Morgan fingerprint density at radius 1 is 1.44 bits per heavy atom. The second kappa shape index (κ2) is 7.67. The molecule has 0 aliphatic carbocycles. The molecule has 0 saturated heterocycles. The summed E-state index contributed by atoms with van der Waals surface area (Å²) in [6.45, 7) is 2.32. The molecule has 18 heavy (non-hydrogen) atoms. The first-order valence-electron chi connectivity index (χ1n) is 5.66. The summed E-state index contributed by atoms with van der Waals surface area (Å²) >= 11 is 7.37. The van der Waals surface area contributed by atoms with Crippen molar-refractivity contribution in [2.24, 2.45) is 0 Å². The molecule has 1 N–H and O–H groups in total. The smallest absolute Gasteiger partial charge is 0.233 e. The predicted octanol–water partition coefficient (Wildman–Crippen LogP) is 2.90. The normalized spacial score (nSPS) is 14.0. The molecule has 1 amide bonds. The Balaban J connectivity index is 2.76. The lowest BCUT2D eigenvalue weighted by atomic mass is 10.1. The average Bonchev–Trinajstić information content (AvgIpc) is 2.38. The number of halogens is 1. The van der Waals surface area contributed by atoms with Crippen LogP contribution in [-0.4, -0.2) is 31.1 Å². The lowest BCUT2D eigenvalue weighted by molar-refractivity contribution is -0.121. The highest BCUT2D eigenvalue weighted by molar-refractivity contribution is 7.99. The first kappa shape index (κ1) is 15.3. The van der Waals surface area contributed by atoms with Gasteiger partial charge in [0.1, 0.15) is 0 Å². The van der Waals surface area contributed by atoms with Crippen molar-refractivity contribution in [3.63, 3.8) is 0 Å². The van der Waals surface area contributed by atoms with E-state index in [4.69, 9.17) is 16.3 Å². The van der Waals surface area contributed by atoms with Crippen molar-refractivity contribution in [2.75, 3.05) is 20.0 Å². The quantitative estimate of drug-likeness (QED) is 0.874. The molecule has 0 aromatic heterocycles. The lowest BCUT2D eigenvalue weighted by Gasteiger charge is -2.20. The Kier molecular flexibility index (Phi) is 6.54. The topological polar surface area (TPSA) is 38.3 Å². The van der Waals surface area contributed by atoms with Crippen molar-refractivity contribution in [1.82, 2.24) is 5.32 Å². The molecule has 1 aromatic rings. The summed E-state index contributed by atoms with van der Waals surface area (Å²) in [6, 6.07) is 7.27. The van der Waals surface area contributed by atoms with E-state index in [1.807, 2.05) is 37.4 Å². The molecule has 0 radical (unpaired) electrons. The van der Waals surface area contributed by atoms with E-state index >= 15 is 0 Å². The standard InChI is InChI=1S/C13H18ClNO2S/c1-9(18-3)13(16)15-12(8-17-2)10-4-6-11(14)7-5-10/h4-7,9,12H,8H2,1-3H3,(H,15,16)/t9-,12-/m0/s1. The van der Waals surface area contributed by atoms with Crippen molar-refractivity contribution < 1.29 is 9.53 Å². The number of nitrogens with one attached hydrogen (secondary N) is 1. The van der Waals surface area contributed by atoms with E-state index in [0.717, 1.165) is 5.56 Å². The summed E-state index contributed by atoms with van der Waals surface area (Å²) in [5, 5.41) is 3.58. The van der Waals surface area contributed by atoms with Gasteiger partial charge in [0.15, 0.2) is 0 Å². The number of rotatable bonds is 6. The van der Waals surface area contributed by atoms with Crippen LogP contribution >= 0.6 is 23.4 Å². The monoisotopic (exact) mass is 287 g/mol.